The van der Waals surface area contributed by atoms with Crippen molar-refractivity contribution < 1.29 is 19.1 Å². The summed E-state index contributed by atoms with van der Waals surface area (Å²) in [5.74, 6) is -0.544. The van der Waals surface area contributed by atoms with Gasteiger partial charge in [0.25, 0.3) is 5.91 Å². The maximum absolute atomic E-state index is 12.3. The van der Waals surface area contributed by atoms with Crippen LogP contribution in [0.5, 0.6) is 0 Å². The van der Waals surface area contributed by atoms with Crippen LogP contribution in [0.25, 0.3) is 17.4 Å². The summed E-state index contributed by atoms with van der Waals surface area (Å²) in [6.07, 6.45) is 1.57. The van der Waals surface area contributed by atoms with Crippen LogP contribution >= 0.6 is 35.0 Å². The molecule has 0 unspecified atom stereocenters. The molecule has 1 aromatic heterocycles. The second-order valence-electron chi connectivity index (χ2n) is 6.10. The lowest BCUT2D eigenvalue weighted by atomic mass is 10.2. The van der Waals surface area contributed by atoms with E-state index in [0.717, 1.165) is 11.8 Å². The molecule has 2 aromatic carbocycles. The summed E-state index contributed by atoms with van der Waals surface area (Å²) in [6, 6.07) is 14.9. The summed E-state index contributed by atoms with van der Waals surface area (Å²) < 4.78 is 5.79. The second-order valence-corrected chi connectivity index (χ2v) is 7.95. The second kappa shape index (κ2) is 8.39. The lowest BCUT2D eigenvalue weighted by Gasteiger charge is -2.02. The number of carbonyl (C=O) groups excluding carboxylic acids is 1. The van der Waals surface area contributed by atoms with Gasteiger partial charge in [0, 0.05) is 6.08 Å². The summed E-state index contributed by atoms with van der Waals surface area (Å²) in [7, 11) is 0. The van der Waals surface area contributed by atoms with Crippen molar-refractivity contribution in [1.82, 2.24) is 5.32 Å². The molecule has 150 valence electrons. The summed E-state index contributed by atoms with van der Waals surface area (Å²) >= 11 is 13.5. The molecular formula is C21H12Cl2N2O4S. The lowest BCUT2D eigenvalue weighted by Crippen LogP contribution is -2.19. The van der Waals surface area contributed by atoms with Crippen molar-refractivity contribution in [3.05, 3.63) is 80.9 Å². The van der Waals surface area contributed by atoms with Gasteiger partial charge in [0.1, 0.15) is 11.5 Å². The van der Waals surface area contributed by atoms with E-state index < -0.39 is 5.97 Å². The van der Waals surface area contributed by atoms with Crippen LogP contribution in [0.1, 0.15) is 16.1 Å². The van der Waals surface area contributed by atoms with Gasteiger partial charge in [-0.2, -0.15) is 0 Å². The predicted molar refractivity (Wildman–Crippen MR) is 118 cm³/mol. The van der Waals surface area contributed by atoms with Crippen LogP contribution < -0.4 is 5.32 Å². The van der Waals surface area contributed by atoms with Gasteiger partial charge in [0.05, 0.1) is 31.8 Å². The maximum atomic E-state index is 12.3. The molecular weight excluding hydrogens is 447 g/mol. The highest BCUT2D eigenvalue weighted by Crippen LogP contribution is 2.36. The largest absolute Gasteiger partial charge is 0.478 e. The highest BCUT2D eigenvalue weighted by Gasteiger charge is 2.25. The molecule has 9 heteroatoms. The smallest absolute Gasteiger partial charge is 0.337 e. The van der Waals surface area contributed by atoms with Crippen molar-refractivity contribution in [2.45, 2.75) is 0 Å². The Balaban J connectivity index is 1.60. The van der Waals surface area contributed by atoms with E-state index in [1.54, 1.807) is 54.6 Å². The molecule has 2 N–H and O–H groups in total. The number of nitrogens with one attached hydrogen (secondary N) is 1. The predicted octanol–water partition coefficient (Wildman–Crippen LogP) is 5.84. The van der Waals surface area contributed by atoms with Crippen LogP contribution in [-0.4, -0.2) is 22.2 Å². The van der Waals surface area contributed by atoms with Crippen LogP contribution in [0.2, 0.25) is 10.0 Å². The summed E-state index contributed by atoms with van der Waals surface area (Å²) in [4.78, 5) is 28.2. The molecule has 6 nitrogen and oxygen atoms in total. The molecule has 30 heavy (non-hydrogen) atoms. The number of aromatic carboxylic acids is 1. The van der Waals surface area contributed by atoms with Crippen molar-refractivity contribution in [1.29, 1.82) is 0 Å². The molecule has 1 saturated heterocycles. The first kappa shape index (κ1) is 20.3. The van der Waals surface area contributed by atoms with Crippen molar-refractivity contribution in [3.8, 4) is 11.3 Å². The topological polar surface area (TPSA) is 91.9 Å². The van der Waals surface area contributed by atoms with Gasteiger partial charge in [-0.15, -0.1) is 0 Å². The number of para-hydroxylation sites is 1. The Bertz CT molecular complexity index is 1210. The number of amides is 1. The monoisotopic (exact) mass is 458 g/mol. The first-order valence-corrected chi connectivity index (χ1v) is 10.2. The Morgan fingerprint density at radius 1 is 1.07 bits per heavy atom. The van der Waals surface area contributed by atoms with Crippen LogP contribution in [0.4, 0.5) is 5.69 Å². The number of hydrogen-bond acceptors (Lipinski definition) is 5. The molecule has 1 aliphatic heterocycles. The Morgan fingerprint density at radius 2 is 1.80 bits per heavy atom. The van der Waals surface area contributed by atoms with E-state index in [9.17, 15) is 14.7 Å². The van der Waals surface area contributed by atoms with Gasteiger partial charge in [-0.05, 0) is 48.2 Å². The summed E-state index contributed by atoms with van der Waals surface area (Å²) in [6.45, 7) is 0. The molecule has 2 heterocycles. The number of rotatable bonds is 4. The molecule has 0 spiro atoms. The Kier molecular flexibility index (Phi) is 5.67. The van der Waals surface area contributed by atoms with Crippen LogP contribution in [0, 0.1) is 0 Å². The standard InChI is InChI=1S/C21H12Cl2N2O4S/c22-13-5-3-6-14(23)18(13)16-9-8-11(29-16)10-17-19(26)25-21(30-17)24-15-7-2-1-4-12(15)20(27)28/h1-10H,(H,27,28)(H,24,25,26)/b17-10+. The number of amidine groups is 1. The fourth-order valence-corrected chi connectivity index (χ4v) is 4.17. The highest BCUT2D eigenvalue weighted by molar-refractivity contribution is 8.18. The Hall–Kier alpha value is -3.00. The zero-order chi connectivity index (χ0) is 21.3. The van der Waals surface area contributed by atoms with E-state index in [1.165, 1.54) is 6.07 Å². The third-order valence-corrected chi connectivity index (χ3v) is 5.66. The number of hydrogen-bond donors (Lipinski definition) is 2. The SMILES string of the molecule is O=C1NC(=Nc2ccccc2C(=O)O)S/C1=C/c1ccc(-c2c(Cl)cccc2Cl)o1. The van der Waals surface area contributed by atoms with Crippen molar-refractivity contribution in [2.24, 2.45) is 4.99 Å². The number of halogens is 2. The molecule has 0 bridgehead atoms. The van der Waals surface area contributed by atoms with Crippen LogP contribution in [0.3, 0.4) is 0 Å². The van der Waals surface area contributed by atoms with Crippen LogP contribution in [-0.2, 0) is 4.79 Å². The van der Waals surface area contributed by atoms with E-state index in [2.05, 4.69) is 10.3 Å². The number of furan rings is 1. The summed E-state index contributed by atoms with van der Waals surface area (Å²) in [5.41, 5.74) is 0.869. The van der Waals surface area contributed by atoms with Gasteiger partial charge in [0.2, 0.25) is 0 Å². The molecule has 0 radical (unpaired) electrons. The Morgan fingerprint density at radius 3 is 2.53 bits per heavy atom. The average Bonchev–Trinajstić information content (AvgIpc) is 3.29. The van der Waals surface area contributed by atoms with E-state index in [-0.39, 0.29) is 22.3 Å². The molecule has 1 fully saturated rings. The zero-order valence-electron chi connectivity index (χ0n) is 15.1. The van der Waals surface area contributed by atoms with Gasteiger partial charge < -0.3 is 14.8 Å². The zero-order valence-corrected chi connectivity index (χ0v) is 17.4. The summed E-state index contributed by atoms with van der Waals surface area (Å²) in [5, 5.41) is 13.1. The fourth-order valence-electron chi connectivity index (χ4n) is 2.77. The van der Waals surface area contributed by atoms with Crippen molar-refractivity contribution >= 4 is 63.8 Å². The molecule has 1 amide bonds. The van der Waals surface area contributed by atoms with Crippen molar-refractivity contribution in [3.63, 3.8) is 0 Å². The minimum absolute atomic E-state index is 0.0459. The molecule has 0 atom stereocenters. The van der Waals surface area contributed by atoms with Crippen molar-refractivity contribution in [2.75, 3.05) is 0 Å². The minimum atomic E-state index is -1.10. The Labute approximate surface area is 185 Å². The average molecular weight is 459 g/mol. The number of aliphatic imine (C=N–C) groups is 1. The quantitative estimate of drug-likeness (QED) is 0.478. The van der Waals surface area contributed by atoms with E-state index in [0.29, 0.717) is 32.0 Å². The lowest BCUT2D eigenvalue weighted by molar-refractivity contribution is -0.115. The molecule has 4 rings (SSSR count). The number of carboxylic acids is 1. The number of carboxylic acid groups (broad SMARTS) is 1. The van der Waals surface area contributed by atoms with Gasteiger partial charge in [-0.25, -0.2) is 9.79 Å². The first-order chi connectivity index (χ1) is 14.4. The number of benzene rings is 2. The number of thioether (sulfide) groups is 1. The molecule has 1 aliphatic rings. The minimum Gasteiger partial charge on any atom is -0.478 e. The highest BCUT2D eigenvalue weighted by atomic mass is 35.5. The van der Waals surface area contributed by atoms with Gasteiger partial charge >= 0.3 is 5.97 Å². The third kappa shape index (κ3) is 4.14. The molecule has 0 aliphatic carbocycles. The molecule has 0 saturated carbocycles. The van der Waals surface area contributed by atoms with Crippen LogP contribution in [0.15, 0.2) is 68.9 Å². The van der Waals surface area contributed by atoms with E-state index in [1.807, 2.05) is 0 Å². The third-order valence-electron chi connectivity index (χ3n) is 4.12. The number of carbonyl (C=O) groups is 2. The van der Waals surface area contributed by atoms with Gasteiger partial charge in [-0.1, -0.05) is 41.4 Å². The number of nitrogens with zero attached hydrogens (tertiary/aromatic N) is 1. The normalized spacial score (nSPS) is 16.3. The van der Waals surface area contributed by atoms with E-state index >= 15 is 0 Å². The maximum Gasteiger partial charge on any atom is 0.337 e. The van der Waals surface area contributed by atoms with Gasteiger partial charge in [0.15, 0.2) is 5.17 Å². The van der Waals surface area contributed by atoms with Gasteiger partial charge in [-0.3, -0.25) is 4.79 Å². The fraction of sp³-hybridized carbons (Fsp3) is 0. The molecule has 3 aromatic rings. The first-order valence-electron chi connectivity index (χ1n) is 8.58. The van der Waals surface area contributed by atoms with E-state index in [4.69, 9.17) is 27.6 Å².